The summed E-state index contributed by atoms with van der Waals surface area (Å²) < 4.78 is 0. The molecule has 0 spiro atoms. The van der Waals surface area contributed by atoms with Gasteiger partial charge in [0, 0.05) is 29.0 Å². The van der Waals surface area contributed by atoms with Crippen LogP contribution in [0.1, 0.15) is 24.2 Å². The van der Waals surface area contributed by atoms with Crippen LogP contribution < -0.4 is 4.90 Å². The Morgan fingerprint density at radius 1 is 1.38 bits per heavy atom. The van der Waals surface area contributed by atoms with Crippen LogP contribution in [0.4, 0.5) is 5.82 Å². The number of benzene rings is 1. The molecule has 110 valence electrons. The Kier molecular flexibility index (Phi) is 3.76. The Balaban J connectivity index is 2.13. The van der Waals surface area contributed by atoms with E-state index in [1.807, 2.05) is 36.0 Å². The van der Waals surface area contributed by atoms with E-state index in [4.69, 9.17) is 0 Å². The maximum Gasteiger partial charge on any atom is 0.336 e. The van der Waals surface area contributed by atoms with Crippen LogP contribution in [0.25, 0.3) is 10.9 Å². The molecule has 0 aliphatic carbocycles. The zero-order valence-electron chi connectivity index (χ0n) is 12.1. The molecule has 2 heterocycles. The molecule has 0 radical (unpaired) electrons. The number of hydrogen-bond acceptors (Lipinski definition) is 4. The molecule has 3 rings (SSSR count). The first-order valence-electron chi connectivity index (χ1n) is 7.09. The number of fused-ring (bicyclic) bond motifs is 1. The third kappa shape index (κ3) is 2.58. The summed E-state index contributed by atoms with van der Waals surface area (Å²) in [6.07, 6.45) is 0. The fourth-order valence-electron chi connectivity index (χ4n) is 2.74. The number of rotatable bonds is 2. The Morgan fingerprint density at radius 3 is 2.90 bits per heavy atom. The van der Waals surface area contributed by atoms with Gasteiger partial charge in [-0.1, -0.05) is 25.1 Å². The number of thioether (sulfide) groups is 1. The summed E-state index contributed by atoms with van der Waals surface area (Å²) in [5, 5.41) is 10.7. The average molecular weight is 302 g/mol. The molecule has 1 aliphatic heterocycles. The van der Waals surface area contributed by atoms with E-state index in [1.165, 1.54) is 0 Å². The summed E-state index contributed by atoms with van der Waals surface area (Å²) in [4.78, 5) is 18.4. The number of pyridine rings is 1. The van der Waals surface area contributed by atoms with E-state index in [2.05, 4.69) is 23.7 Å². The molecule has 2 unspecified atom stereocenters. The second-order valence-corrected chi connectivity index (χ2v) is 6.85. The summed E-state index contributed by atoms with van der Waals surface area (Å²) in [7, 11) is 0. The number of aromatic carboxylic acids is 1. The van der Waals surface area contributed by atoms with Crippen LogP contribution in [-0.2, 0) is 0 Å². The smallest absolute Gasteiger partial charge is 0.336 e. The SMILES string of the molecule is CC1SCCN(c2cc(C(=O)O)c3ccccc3n2)C1C. The standard InChI is InChI=1S/C16H18N2O2S/c1-10-11(2)21-8-7-18(10)15-9-13(16(19)20)12-5-3-4-6-14(12)17-15/h3-6,9-11H,7-8H2,1-2H3,(H,19,20). The monoisotopic (exact) mass is 302 g/mol. The highest BCUT2D eigenvalue weighted by molar-refractivity contribution is 8.00. The number of aromatic nitrogens is 1. The Labute approximate surface area is 128 Å². The molecule has 0 saturated carbocycles. The molecule has 1 aliphatic rings. The van der Waals surface area contributed by atoms with E-state index >= 15 is 0 Å². The lowest BCUT2D eigenvalue weighted by atomic mass is 10.1. The summed E-state index contributed by atoms with van der Waals surface area (Å²) >= 11 is 1.95. The lowest BCUT2D eigenvalue weighted by Crippen LogP contribution is -2.45. The van der Waals surface area contributed by atoms with Crippen molar-refractivity contribution in [2.75, 3.05) is 17.2 Å². The van der Waals surface area contributed by atoms with Gasteiger partial charge < -0.3 is 10.0 Å². The van der Waals surface area contributed by atoms with E-state index < -0.39 is 5.97 Å². The molecule has 2 aromatic rings. The minimum absolute atomic E-state index is 0.327. The number of para-hydroxylation sites is 1. The second kappa shape index (κ2) is 5.56. The van der Waals surface area contributed by atoms with Gasteiger partial charge in [-0.15, -0.1) is 0 Å². The van der Waals surface area contributed by atoms with Crippen molar-refractivity contribution in [3.05, 3.63) is 35.9 Å². The van der Waals surface area contributed by atoms with Crippen molar-refractivity contribution >= 4 is 34.5 Å². The van der Waals surface area contributed by atoms with Crippen LogP contribution in [0.15, 0.2) is 30.3 Å². The third-order valence-corrected chi connectivity index (χ3v) is 5.45. The van der Waals surface area contributed by atoms with Crippen molar-refractivity contribution in [3.8, 4) is 0 Å². The van der Waals surface area contributed by atoms with E-state index in [1.54, 1.807) is 6.07 Å². The van der Waals surface area contributed by atoms with E-state index in [9.17, 15) is 9.90 Å². The van der Waals surface area contributed by atoms with Crippen molar-refractivity contribution in [1.82, 2.24) is 4.98 Å². The lowest BCUT2D eigenvalue weighted by molar-refractivity contribution is 0.0699. The third-order valence-electron chi connectivity index (χ3n) is 4.11. The Bertz CT molecular complexity index is 689. The Hall–Kier alpha value is -1.75. The number of carbonyl (C=O) groups is 1. The predicted molar refractivity (Wildman–Crippen MR) is 87.4 cm³/mol. The van der Waals surface area contributed by atoms with Gasteiger partial charge in [-0.25, -0.2) is 9.78 Å². The van der Waals surface area contributed by atoms with Crippen LogP contribution in [0.5, 0.6) is 0 Å². The van der Waals surface area contributed by atoms with Gasteiger partial charge >= 0.3 is 5.97 Å². The highest BCUT2D eigenvalue weighted by atomic mass is 32.2. The minimum atomic E-state index is -0.901. The number of anilines is 1. The topological polar surface area (TPSA) is 53.4 Å². The molecule has 4 nitrogen and oxygen atoms in total. The largest absolute Gasteiger partial charge is 0.478 e. The number of carboxylic acid groups (broad SMARTS) is 1. The molecule has 1 fully saturated rings. The minimum Gasteiger partial charge on any atom is -0.478 e. The molecule has 1 aromatic heterocycles. The molecule has 1 aromatic carbocycles. The second-order valence-electron chi connectivity index (χ2n) is 5.36. The van der Waals surface area contributed by atoms with Gasteiger partial charge in [-0.2, -0.15) is 11.8 Å². The number of nitrogens with zero attached hydrogens (tertiary/aromatic N) is 2. The quantitative estimate of drug-likeness (QED) is 0.922. The van der Waals surface area contributed by atoms with Crippen molar-refractivity contribution in [2.24, 2.45) is 0 Å². The summed E-state index contributed by atoms with van der Waals surface area (Å²) in [5.74, 6) is 0.912. The van der Waals surface area contributed by atoms with Gasteiger partial charge in [0.1, 0.15) is 5.82 Å². The molecular formula is C16H18N2O2S. The van der Waals surface area contributed by atoms with Gasteiger partial charge in [0.25, 0.3) is 0 Å². The summed E-state index contributed by atoms with van der Waals surface area (Å²) in [5.41, 5.74) is 1.07. The van der Waals surface area contributed by atoms with Gasteiger partial charge in [0.2, 0.25) is 0 Å². The molecule has 1 N–H and O–H groups in total. The number of carboxylic acids is 1. The van der Waals surface area contributed by atoms with Crippen molar-refractivity contribution in [2.45, 2.75) is 25.1 Å². The van der Waals surface area contributed by atoms with Crippen LogP contribution >= 0.6 is 11.8 Å². The van der Waals surface area contributed by atoms with Crippen molar-refractivity contribution in [3.63, 3.8) is 0 Å². The van der Waals surface area contributed by atoms with Gasteiger partial charge in [0.05, 0.1) is 11.1 Å². The zero-order valence-corrected chi connectivity index (χ0v) is 12.9. The maximum absolute atomic E-state index is 11.5. The van der Waals surface area contributed by atoms with Crippen LogP contribution in [0.3, 0.4) is 0 Å². The highest BCUT2D eigenvalue weighted by Crippen LogP contribution is 2.30. The van der Waals surface area contributed by atoms with Gasteiger partial charge in [-0.3, -0.25) is 0 Å². The molecule has 0 bridgehead atoms. The van der Waals surface area contributed by atoms with E-state index in [-0.39, 0.29) is 0 Å². The molecule has 0 amide bonds. The number of hydrogen-bond donors (Lipinski definition) is 1. The zero-order chi connectivity index (χ0) is 15.0. The van der Waals surface area contributed by atoms with E-state index in [0.717, 1.165) is 23.6 Å². The molecule has 1 saturated heterocycles. The van der Waals surface area contributed by atoms with E-state index in [0.29, 0.717) is 22.2 Å². The normalized spacial score (nSPS) is 22.5. The summed E-state index contributed by atoms with van der Waals surface area (Å²) in [6.45, 7) is 5.29. The van der Waals surface area contributed by atoms with Crippen molar-refractivity contribution in [1.29, 1.82) is 0 Å². The first kappa shape index (κ1) is 14.2. The van der Waals surface area contributed by atoms with Crippen LogP contribution in [-0.4, -0.2) is 39.6 Å². The fraction of sp³-hybridized carbons (Fsp3) is 0.375. The van der Waals surface area contributed by atoms with Crippen molar-refractivity contribution < 1.29 is 9.90 Å². The van der Waals surface area contributed by atoms with Gasteiger partial charge in [0.15, 0.2) is 0 Å². The van der Waals surface area contributed by atoms with Crippen LogP contribution in [0, 0.1) is 0 Å². The van der Waals surface area contributed by atoms with Gasteiger partial charge in [-0.05, 0) is 19.1 Å². The molecule has 21 heavy (non-hydrogen) atoms. The molecule has 2 atom stereocenters. The average Bonchev–Trinajstić information content (AvgIpc) is 2.48. The molecular weight excluding hydrogens is 284 g/mol. The summed E-state index contributed by atoms with van der Waals surface area (Å²) in [6, 6.07) is 9.48. The Morgan fingerprint density at radius 2 is 2.14 bits per heavy atom. The predicted octanol–water partition coefficient (Wildman–Crippen LogP) is 3.26. The maximum atomic E-state index is 11.5. The van der Waals surface area contributed by atoms with Crippen LogP contribution in [0.2, 0.25) is 0 Å². The fourth-order valence-corrected chi connectivity index (χ4v) is 3.84. The lowest BCUT2D eigenvalue weighted by Gasteiger charge is -2.38. The highest BCUT2D eigenvalue weighted by Gasteiger charge is 2.27. The first-order valence-corrected chi connectivity index (χ1v) is 8.14. The molecule has 5 heteroatoms. The first-order chi connectivity index (χ1) is 10.1.